The lowest BCUT2D eigenvalue weighted by molar-refractivity contribution is -0.150. The fraction of sp³-hybridized carbons (Fsp3) is 0.389. The Morgan fingerprint density at radius 3 is 2.66 bits per heavy atom. The number of fused-ring (bicyclic) bond motifs is 1. The van der Waals surface area contributed by atoms with Gasteiger partial charge in [-0.2, -0.15) is 17.7 Å². The summed E-state index contributed by atoms with van der Waals surface area (Å²) in [5.74, 6) is -1.32. The van der Waals surface area contributed by atoms with Crippen molar-refractivity contribution >= 4 is 17.4 Å². The summed E-state index contributed by atoms with van der Waals surface area (Å²) in [6.07, 6.45) is -0.308. The second kappa shape index (κ2) is 7.64. The SMILES string of the molecule is O=C(OCc1cccnc1)C1CCN(c2ccc3nnc(C(F)(F)F)n3n2)CC1. The number of aromatic nitrogens is 5. The molecular weight excluding hydrogens is 389 g/mol. The predicted octanol–water partition coefficient (Wildman–Crippen LogP) is 2.50. The largest absolute Gasteiger partial charge is 0.461 e. The van der Waals surface area contributed by atoms with E-state index in [0.717, 1.165) is 5.56 Å². The third-order valence-electron chi connectivity index (χ3n) is 4.76. The number of carbonyl (C=O) groups excluding carboxylic acids is 1. The zero-order valence-corrected chi connectivity index (χ0v) is 15.2. The molecule has 0 unspecified atom stereocenters. The summed E-state index contributed by atoms with van der Waals surface area (Å²) in [6.45, 7) is 1.13. The molecule has 0 amide bonds. The number of hydrogen-bond donors (Lipinski definition) is 0. The van der Waals surface area contributed by atoms with Crippen LogP contribution in [0.5, 0.6) is 0 Å². The van der Waals surface area contributed by atoms with Gasteiger partial charge in [-0.15, -0.1) is 15.3 Å². The molecule has 0 spiro atoms. The minimum absolute atomic E-state index is 0.0231. The number of piperidine rings is 1. The van der Waals surface area contributed by atoms with Gasteiger partial charge in [0.2, 0.25) is 0 Å². The van der Waals surface area contributed by atoms with Gasteiger partial charge in [-0.1, -0.05) is 6.07 Å². The standard InChI is InChI=1S/C18H17F3N6O2/c19-18(20,21)17-24-23-14-3-4-15(25-27(14)17)26-8-5-13(6-9-26)16(28)29-11-12-2-1-7-22-10-12/h1-4,7,10,13H,5-6,8-9,11H2. The van der Waals surface area contributed by atoms with E-state index in [1.165, 1.54) is 6.07 Å². The highest BCUT2D eigenvalue weighted by molar-refractivity contribution is 5.72. The van der Waals surface area contributed by atoms with Crippen LogP contribution in [-0.4, -0.2) is 43.9 Å². The molecule has 1 aliphatic heterocycles. The molecule has 0 saturated carbocycles. The van der Waals surface area contributed by atoms with Crippen molar-refractivity contribution in [3.63, 3.8) is 0 Å². The molecule has 0 bridgehead atoms. The monoisotopic (exact) mass is 406 g/mol. The normalized spacial score (nSPS) is 15.6. The van der Waals surface area contributed by atoms with E-state index in [9.17, 15) is 18.0 Å². The van der Waals surface area contributed by atoms with Crippen LogP contribution in [0.1, 0.15) is 24.2 Å². The van der Waals surface area contributed by atoms with Crippen LogP contribution in [0.3, 0.4) is 0 Å². The summed E-state index contributed by atoms with van der Waals surface area (Å²) in [5.41, 5.74) is 0.833. The van der Waals surface area contributed by atoms with Gasteiger partial charge < -0.3 is 9.64 Å². The summed E-state index contributed by atoms with van der Waals surface area (Å²) in [6, 6.07) is 6.64. The predicted molar refractivity (Wildman–Crippen MR) is 94.8 cm³/mol. The minimum Gasteiger partial charge on any atom is -0.461 e. The molecule has 1 aliphatic rings. The lowest BCUT2D eigenvalue weighted by Gasteiger charge is -2.31. The zero-order valence-electron chi connectivity index (χ0n) is 15.2. The second-order valence-corrected chi connectivity index (χ2v) is 6.71. The highest BCUT2D eigenvalue weighted by atomic mass is 19.4. The molecule has 0 aliphatic carbocycles. The van der Waals surface area contributed by atoms with E-state index in [4.69, 9.17) is 4.74 Å². The molecule has 8 nitrogen and oxygen atoms in total. The summed E-state index contributed by atoms with van der Waals surface area (Å²) in [5, 5.41) is 10.7. The fourth-order valence-corrected chi connectivity index (χ4v) is 3.22. The van der Waals surface area contributed by atoms with E-state index in [-0.39, 0.29) is 24.1 Å². The van der Waals surface area contributed by atoms with Gasteiger partial charge in [-0.25, -0.2) is 0 Å². The molecule has 0 radical (unpaired) electrons. The summed E-state index contributed by atoms with van der Waals surface area (Å²) >= 11 is 0. The number of hydrogen-bond acceptors (Lipinski definition) is 7. The van der Waals surface area contributed by atoms with Gasteiger partial charge in [0.05, 0.1) is 5.92 Å². The summed E-state index contributed by atoms with van der Waals surface area (Å²) < 4.78 is 45.1. The lowest BCUT2D eigenvalue weighted by atomic mass is 9.97. The molecule has 152 valence electrons. The van der Waals surface area contributed by atoms with E-state index in [1.54, 1.807) is 24.5 Å². The van der Waals surface area contributed by atoms with Gasteiger partial charge in [0, 0.05) is 31.0 Å². The first-order valence-corrected chi connectivity index (χ1v) is 9.02. The smallest absolute Gasteiger partial charge is 0.453 e. The van der Waals surface area contributed by atoms with Crippen LogP contribution in [0.2, 0.25) is 0 Å². The van der Waals surface area contributed by atoms with Crippen molar-refractivity contribution in [1.29, 1.82) is 0 Å². The average Bonchev–Trinajstić information content (AvgIpc) is 3.17. The number of esters is 1. The maximum atomic E-state index is 13.0. The van der Waals surface area contributed by atoms with E-state index in [0.29, 0.717) is 36.3 Å². The van der Waals surface area contributed by atoms with E-state index >= 15 is 0 Å². The van der Waals surface area contributed by atoms with Gasteiger partial charge in [-0.3, -0.25) is 9.78 Å². The molecule has 4 heterocycles. The number of nitrogens with zero attached hydrogens (tertiary/aromatic N) is 6. The maximum absolute atomic E-state index is 13.0. The van der Waals surface area contributed by atoms with Crippen LogP contribution in [0, 0.1) is 5.92 Å². The van der Waals surface area contributed by atoms with Gasteiger partial charge in [0.15, 0.2) is 5.65 Å². The first-order chi connectivity index (χ1) is 13.9. The van der Waals surface area contributed by atoms with Crippen molar-refractivity contribution in [1.82, 2.24) is 24.8 Å². The van der Waals surface area contributed by atoms with Crippen LogP contribution >= 0.6 is 0 Å². The Balaban J connectivity index is 1.38. The Morgan fingerprint density at radius 2 is 1.97 bits per heavy atom. The van der Waals surface area contributed by atoms with Crippen LogP contribution in [0.4, 0.5) is 19.0 Å². The van der Waals surface area contributed by atoms with Crippen LogP contribution < -0.4 is 4.90 Å². The third-order valence-corrected chi connectivity index (χ3v) is 4.76. The molecule has 1 saturated heterocycles. The summed E-state index contributed by atoms with van der Waals surface area (Å²) in [7, 11) is 0. The molecule has 0 N–H and O–H groups in total. The Hall–Kier alpha value is -3.24. The zero-order chi connectivity index (χ0) is 20.4. The van der Waals surface area contributed by atoms with Crippen LogP contribution in [0.15, 0.2) is 36.7 Å². The number of halogens is 3. The number of rotatable bonds is 4. The summed E-state index contributed by atoms with van der Waals surface area (Å²) in [4.78, 5) is 18.1. The van der Waals surface area contributed by atoms with E-state index in [2.05, 4.69) is 20.3 Å². The van der Waals surface area contributed by atoms with Crippen molar-refractivity contribution in [3.05, 3.63) is 48.0 Å². The van der Waals surface area contributed by atoms with E-state index < -0.39 is 12.0 Å². The minimum atomic E-state index is -4.64. The lowest BCUT2D eigenvalue weighted by Crippen LogP contribution is -2.37. The van der Waals surface area contributed by atoms with Crippen molar-refractivity contribution in [3.8, 4) is 0 Å². The first kappa shape index (κ1) is 19.1. The van der Waals surface area contributed by atoms with Crippen LogP contribution in [-0.2, 0) is 22.3 Å². The Bertz CT molecular complexity index is 1000. The number of alkyl halides is 3. The van der Waals surface area contributed by atoms with Gasteiger partial charge >= 0.3 is 12.1 Å². The molecular formula is C18H17F3N6O2. The number of carbonyl (C=O) groups is 1. The molecule has 11 heteroatoms. The maximum Gasteiger partial charge on any atom is 0.453 e. The van der Waals surface area contributed by atoms with Gasteiger partial charge in [0.1, 0.15) is 12.4 Å². The molecule has 3 aromatic rings. The van der Waals surface area contributed by atoms with Crippen molar-refractivity contribution in [2.24, 2.45) is 5.92 Å². The number of anilines is 1. The quantitative estimate of drug-likeness (QED) is 0.616. The molecule has 3 aromatic heterocycles. The van der Waals surface area contributed by atoms with Crippen molar-refractivity contribution in [2.45, 2.75) is 25.6 Å². The molecule has 0 aromatic carbocycles. The highest BCUT2D eigenvalue weighted by Gasteiger charge is 2.38. The third kappa shape index (κ3) is 4.13. The topological polar surface area (TPSA) is 85.5 Å². The second-order valence-electron chi connectivity index (χ2n) is 6.71. The van der Waals surface area contributed by atoms with Gasteiger partial charge in [-0.05, 0) is 31.0 Å². The van der Waals surface area contributed by atoms with E-state index in [1.807, 2.05) is 11.0 Å². The molecule has 1 fully saturated rings. The highest BCUT2D eigenvalue weighted by Crippen LogP contribution is 2.29. The first-order valence-electron chi connectivity index (χ1n) is 9.02. The Labute approximate surface area is 163 Å². The molecule has 0 atom stereocenters. The van der Waals surface area contributed by atoms with Crippen molar-refractivity contribution in [2.75, 3.05) is 18.0 Å². The molecule has 29 heavy (non-hydrogen) atoms. The van der Waals surface area contributed by atoms with Crippen molar-refractivity contribution < 1.29 is 22.7 Å². The van der Waals surface area contributed by atoms with Crippen LogP contribution in [0.25, 0.3) is 5.65 Å². The Kier molecular flexibility index (Phi) is 5.03. The molecule has 4 rings (SSSR count). The Morgan fingerprint density at radius 1 is 1.17 bits per heavy atom. The number of ether oxygens (including phenoxy) is 1. The number of pyridine rings is 1. The average molecular weight is 406 g/mol. The fourth-order valence-electron chi connectivity index (χ4n) is 3.22. The van der Waals surface area contributed by atoms with Gasteiger partial charge in [0.25, 0.3) is 5.82 Å².